The van der Waals surface area contributed by atoms with E-state index in [1.165, 1.54) is 17.2 Å². The number of H-pyrrole nitrogens is 1. The lowest BCUT2D eigenvalue weighted by molar-refractivity contribution is 0.0700. The van der Waals surface area contributed by atoms with E-state index in [-0.39, 0.29) is 35.2 Å². The van der Waals surface area contributed by atoms with Crippen LogP contribution in [0.25, 0.3) is 22.2 Å². The number of halogens is 3. The first-order chi connectivity index (χ1) is 24.2. The first-order valence-corrected chi connectivity index (χ1v) is 16.0. The second-order valence-electron chi connectivity index (χ2n) is 12.3. The number of carbonyl (C=O) groups excluding carboxylic acids is 2. The van der Waals surface area contributed by atoms with Gasteiger partial charge >= 0.3 is 0 Å². The highest BCUT2D eigenvalue weighted by Crippen LogP contribution is 2.38. The number of primary amides is 1. The lowest BCUT2D eigenvalue weighted by Crippen LogP contribution is -2.44. The molecule has 3 N–H and O–H groups in total. The predicted octanol–water partition coefficient (Wildman–Crippen LogP) is 5.64. The fraction of sp³-hybridized carbons (Fsp3) is 0.205. The molecule has 0 saturated carbocycles. The van der Waals surface area contributed by atoms with Crippen LogP contribution in [0.15, 0.2) is 73.1 Å². The van der Waals surface area contributed by atoms with Crippen molar-refractivity contribution in [2.75, 3.05) is 38.1 Å². The van der Waals surface area contributed by atoms with E-state index in [2.05, 4.69) is 50.5 Å². The topological polar surface area (TPSA) is 98.6 Å². The van der Waals surface area contributed by atoms with Gasteiger partial charge in [0.2, 0.25) is 0 Å². The third kappa shape index (κ3) is 6.27. The molecular formula is C39H31F3N6O2. The Morgan fingerprint density at radius 3 is 2.50 bits per heavy atom. The summed E-state index contributed by atoms with van der Waals surface area (Å²) in [5.74, 6) is 7.89. The molecule has 1 unspecified atom stereocenters. The molecule has 0 spiro atoms. The van der Waals surface area contributed by atoms with Gasteiger partial charge in [0, 0.05) is 72.8 Å². The van der Waals surface area contributed by atoms with Crippen LogP contribution in [0.1, 0.15) is 49.9 Å². The SMILES string of the molecule is CN1CCN(c2ccc(-c3cc(F)c4c(c3)C(=O)N(C(CC#CC#Cc3c(C(N)=O)cnc5[nH]ccc35)c3cc(F)ccc3F)C4)cc2)CC1. The van der Waals surface area contributed by atoms with Crippen molar-refractivity contribution in [1.82, 2.24) is 19.8 Å². The molecule has 1 saturated heterocycles. The van der Waals surface area contributed by atoms with Gasteiger partial charge in [0.25, 0.3) is 11.8 Å². The highest BCUT2D eigenvalue weighted by molar-refractivity contribution is 6.01. The molecule has 3 aromatic carbocycles. The number of piperazine rings is 1. The van der Waals surface area contributed by atoms with E-state index in [4.69, 9.17) is 5.73 Å². The fourth-order valence-corrected chi connectivity index (χ4v) is 6.51. The summed E-state index contributed by atoms with van der Waals surface area (Å²) in [5.41, 5.74) is 9.10. The summed E-state index contributed by atoms with van der Waals surface area (Å²) < 4.78 is 45.3. The van der Waals surface area contributed by atoms with Gasteiger partial charge in [0.05, 0.1) is 23.7 Å². The summed E-state index contributed by atoms with van der Waals surface area (Å²) >= 11 is 0. The number of anilines is 1. The highest BCUT2D eigenvalue weighted by atomic mass is 19.1. The lowest BCUT2D eigenvalue weighted by atomic mass is 9.99. The largest absolute Gasteiger partial charge is 0.369 e. The number of hydrogen-bond acceptors (Lipinski definition) is 5. The number of carbonyl (C=O) groups is 2. The van der Waals surface area contributed by atoms with Gasteiger partial charge < -0.3 is 25.4 Å². The van der Waals surface area contributed by atoms with Crippen LogP contribution >= 0.6 is 0 Å². The van der Waals surface area contributed by atoms with Crippen molar-refractivity contribution in [2.45, 2.75) is 19.0 Å². The van der Waals surface area contributed by atoms with Crippen LogP contribution in [0.2, 0.25) is 0 Å². The zero-order valence-electron chi connectivity index (χ0n) is 27.1. The number of benzene rings is 3. The number of aromatic nitrogens is 2. The monoisotopic (exact) mass is 672 g/mol. The van der Waals surface area contributed by atoms with E-state index >= 15 is 8.78 Å². The number of rotatable bonds is 6. The summed E-state index contributed by atoms with van der Waals surface area (Å²) in [6.07, 6.45) is 2.85. The molecule has 5 aromatic rings. The van der Waals surface area contributed by atoms with Gasteiger partial charge in [-0.3, -0.25) is 9.59 Å². The van der Waals surface area contributed by atoms with Crippen molar-refractivity contribution >= 4 is 28.5 Å². The third-order valence-corrected chi connectivity index (χ3v) is 9.26. The van der Waals surface area contributed by atoms with Gasteiger partial charge in [-0.25, -0.2) is 18.2 Å². The molecule has 2 aliphatic rings. The summed E-state index contributed by atoms with van der Waals surface area (Å²) in [5, 5.41) is 0.586. The molecule has 2 aromatic heterocycles. The second-order valence-corrected chi connectivity index (χ2v) is 12.3. The van der Waals surface area contributed by atoms with Crippen LogP contribution in [0, 0.1) is 41.1 Å². The van der Waals surface area contributed by atoms with Gasteiger partial charge in [-0.2, -0.15) is 0 Å². The Labute approximate surface area is 286 Å². The number of hydrogen-bond donors (Lipinski definition) is 2. The Kier molecular flexibility index (Phi) is 8.75. The van der Waals surface area contributed by atoms with Crippen molar-refractivity contribution in [1.29, 1.82) is 0 Å². The first-order valence-electron chi connectivity index (χ1n) is 16.0. The van der Waals surface area contributed by atoms with Crippen LogP contribution in [-0.2, 0) is 6.54 Å². The van der Waals surface area contributed by atoms with Gasteiger partial charge in [0.1, 0.15) is 23.1 Å². The Morgan fingerprint density at radius 1 is 0.960 bits per heavy atom. The van der Waals surface area contributed by atoms with Crippen molar-refractivity contribution in [3.8, 4) is 34.8 Å². The second kappa shape index (κ2) is 13.5. The maximum Gasteiger partial charge on any atom is 0.255 e. The quantitative estimate of drug-likeness (QED) is 0.228. The van der Waals surface area contributed by atoms with Crippen molar-refractivity contribution in [3.05, 3.63) is 118 Å². The number of pyridine rings is 1. The fourth-order valence-electron chi connectivity index (χ4n) is 6.51. The average Bonchev–Trinajstić information content (AvgIpc) is 3.73. The Bertz CT molecular complexity index is 2270. The molecule has 7 rings (SSSR count). The minimum atomic E-state index is -1.05. The number of aromatic amines is 1. The van der Waals surface area contributed by atoms with E-state index in [0.717, 1.165) is 55.6 Å². The molecule has 1 atom stereocenters. The van der Waals surface area contributed by atoms with E-state index in [9.17, 15) is 14.0 Å². The molecule has 50 heavy (non-hydrogen) atoms. The minimum absolute atomic E-state index is 0.0901. The number of fused-ring (bicyclic) bond motifs is 2. The molecule has 0 radical (unpaired) electrons. The number of likely N-dealkylation sites (N-methyl/N-ethyl adjacent to an activating group) is 1. The number of nitrogens with zero attached hydrogens (tertiary/aromatic N) is 4. The zero-order valence-corrected chi connectivity index (χ0v) is 27.1. The Morgan fingerprint density at radius 2 is 1.74 bits per heavy atom. The molecule has 8 nitrogen and oxygen atoms in total. The van der Waals surface area contributed by atoms with Crippen LogP contribution in [0.3, 0.4) is 0 Å². The van der Waals surface area contributed by atoms with Crippen LogP contribution < -0.4 is 10.6 Å². The maximum atomic E-state index is 15.7. The van der Waals surface area contributed by atoms with Crippen molar-refractivity contribution < 1.29 is 22.8 Å². The van der Waals surface area contributed by atoms with Crippen LogP contribution in [0.5, 0.6) is 0 Å². The lowest BCUT2D eigenvalue weighted by Gasteiger charge is -2.34. The highest BCUT2D eigenvalue weighted by Gasteiger charge is 2.36. The predicted molar refractivity (Wildman–Crippen MR) is 184 cm³/mol. The molecule has 4 heterocycles. The normalized spacial score (nSPS) is 14.9. The molecule has 2 amide bonds. The maximum absolute atomic E-state index is 15.7. The van der Waals surface area contributed by atoms with E-state index < -0.39 is 35.3 Å². The molecule has 0 aliphatic carbocycles. The number of nitrogens with two attached hydrogens (primary N) is 1. The number of amides is 2. The average molecular weight is 673 g/mol. The van der Waals surface area contributed by atoms with Gasteiger partial charge in [-0.05, 0) is 78.5 Å². The Balaban J connectivity index is 1.17. The molecule has 11 heteroatoms. The third-order valence-electron chi connectivity index (χ3n) is 9.26. The summed E-state index contributed by atoms with van der Waals surface area (Å²) in [6, 6.07) is 14.5. The molecule has 0 bridgehead atoms. The Hall–Kier alpha value is -6.04. The van der Waals surface area contributed by atoms with Gasteiger partial charge in [0.15, 0.2) is 0 Å². The van der Waals surface area contributed by atoms with Crippen LogP contribution in [-0.4, -0.2) is 64.8 Å². The molecular weight excluding hydrogens is 641 g/mol. The minimum Gasteiger partial charge on any atom is -0.369 e. The zero-order chi connectivity index (χ0) is 34.9. The van der Waals surface area contributed by atoms with Crippen molar-refractivity contribution in [2.24, 2.45) is 5.73 Å². The van der Waals surface area contributed by atoms with E-state index in [1.54, 1.807) is 18.3 Å². The van der Waals surface area contributed by atoms with Crippen molar-refractivity contribution in [3.63, 3.8) is 0 Å². The molecule has 1 fully saturated rings. The number of nitrogens with one attached hydrogen (secondary N) is 1. The smallest absolute Gasteiger partial charge is 0.255 e. The molecule has 2 aliphatic heterocycles. The summed E-state index contributed by atoms with van der Waals surface area (Å²) in [6.45, 7) is 3.61. The molecule has 250 valence electrons. The van der Waals surface area contributed by atoms with Crippen LogP contribution in [0.4, 0.5) is 18.9 Å². The first kappa shape index (κ1) is 32.5. The standard InChI is InChI=1S/C39H31F3N6O2/c1-46-15-17-47(18-16-46)27-10-7-24(8-11-27)25-19-30-33(35(42)20-25)23-48(39(30)50)36(31-21-26(40)9-12-34(31)41)6-4-2-3-5-28-29-13-14-44-38(29)45-22-32(28)37(43)49/h7-14,19-22,36H,6,15-18,23H2,1H3,(H2,43,49)(H,44,45). The van der Waals surface area contributed by atoms with E-state index in [0.29, 0.717) is 22.2 Å². The summed E-state index contributed by atoms with van der Waals surface area (Å²) in [7, 11) is 2.10. The van der Waals surface area contributed by atoms with Gasteiger partial charge in [-0.1, -0.05) is 24.0 Å². The van der Waals surface area contributed by atoms with Gasteiger partial charge in [-0.15, -0.1) is 0 Å². The van der Waals surface area contributed by atoms with E-state index in [1.807, 2.05) is 24.3 Å². The summed E-state index contributed by atoms with van der Waals surface area (Å²) in [4.78, 5) is 38.9.